The fourth-order valence-corrected chi connectivity index (χ4v) is 4.06. The summed E-state index contributed by atoms with van der Waals surface area (Å²) in [6.45, 7) is 6.42. The molecule has 0 saturated heterocycles. The van der Waals surface area contributed by atoms with Gasteiger partial charge in [0, 0.05) is 61.5 Å². The number of nitrogens with one attached hydrogen (secondary N) is 1. The van der Waals surface area contributed by atoms with E-state index in [0.29, 0.717) is 0 Å². The van der Waals surface area contributed by atoms with Crippen molar-refractivity contribution in [1.29, 1.82) is 0 Å². The summed E-state index contributed by atoms with van der Waals surface area (Å²) in [6.07, 6.45) is 5.93. The van der Waals surface area contributed by atoms with Crippen LogP contribution in [0.1, 0.15) is 48.2 Å². The minimum absolute atomic E-state index is 0.731. The van der Waals surface area contributed by atoms with Gasteiger partial charge in [-0.15, -0.1) is 0 Å². The maximum absolute atomic E-state index is 4.60. The van der Waals surface area contributed by atoms with Crippen molar-refractivity contribution in [2.45, 2.75) is 51.7 Å². The molecule has 0 amide bonds. The Bertz CT molecular complexity index is 884. The van der Waals surface area contributed by atoms with Gasteiger partial charge in [0.15, 0.2) is 0 Å². The second-order valence-electron chi connectivity index (χ2n) is 7.30. The fraction of sp³-hybridized carbons (Fsp3) is 0.450. The minimum Gasteiger partial charge on any atom is -0.348 e. The van der Waals surface area contributed by atoms with Crippen molar-refractivity contribution in [3.8, 4) is 0 Å². The van der Waals surface area contributed by atoms with Gasteiger partial charge in [-0.25, -0.2) is 0 Å². The number of hydrogen-bond donors (Lipinski definition) is 1. The van der Waals surface area contributed by atoms with Gasteiger partial charge < -0.3 is 4.57 Å². The molecular formula is C20H24N4. The Morgan fingerprint density at radius 3 is 3.00 bits per heavy atom. The lowest BCUT2D eigenvalue weighted by molar-refractivity contribution is 0.244. The molecule has 1 N–H and O–H groups in total. The van der Waals surface area contributed by atoms with Crippen molar-refractivity contribution in [1.82, 2.24) is 19.7 Å². The Morgan fingerprint density at radius 1 is 1.25 bits per heavy atom. The molecule has 4 heteroatoms. The zero-order chi connectivity index (χ0) is 16.1. The summed E-state index contributed by atoms with van der Waals surface area (Å²) in [5.41, 5.74) is 6.99. The molecule has 1 aliphatic carbocycles. The van der Waals surface area contributed by atoms with E-state index in [9.17, 15) is 0 Å². The Morgan fingerprint density at radius 2 is 2.17 bits per heavy atom. The lowest BCUT2D eigenvalue weighted by atomic mass is 10.0. The fourth-order valence-electron chi connectivity index (χ4n) is 4.06. The van der Waals surface area contributed by atoms with E-state index in [0.717, 1.165) is 38.5 Å². The van der Waals surface area contributed by atoms with E-state index >= 15 is 0 Å². The van der Waals surface area contributed by atoms with Gasteiger partial charge in [-0.1, -0.05) is 12.1 Å². The molecule has 0 atom stereocenters. The third-order valence-corrected chi connectivity index (χ3v) is 5.59. The third-order valence-electron chi connectivity index (χ3n) is 5.59. The smallest absolute Gasteiger partial charge is 0.0700 e. The van der Waals surface area contributed by atoms with Crippen molar-refractivity contribution in [3.05, 3.63) is 53.0 Å². The Labute approximate surface area is 142 Å². The van der Waals surface area contributed by atoms with Crippen molar-refractivity contribution in [2.75, 3.05) is 6.54 Å². The third kappa shape index (κ3) is 2.37. The molecule has 24 heavy (non-hydrogen) atoms. The molecule has 1 aliphatic heterocycles. The van der Waals surface area contributed by atoms with Crippen LogP contribution in [0, 0.1) is 0 Å². The predicted octanol–water partition coefficient (Wildman–Crippen LogP) is 3.82. The lowest BCUT2D eigenvalue weighted by Gasteiger charge is -2.27. The van der Waals surface area contributed by atoms with Crippen molar-refractivity contribution in [3.63, 3.8) is 0 Å². The number of hydrogen-bond acceptors (Lipinski definition) is 2. The molecule has 2 aliphatic rings. The van der Waals surface area contributed by atoms with E-state index < -0.39 is 0 Å². The molecule has 4 nitrogen and oxygen atoms in total. The molecule has 0 unspecified atom stereocenters. The van der Waals surface area contributed by atoms with Crippen LogP contribution >= 0.6 is 0 Å². The Balaban J connectivity index is 1.39. The number of nitrogens with zero attached hydrogens (tertiary/aromatic N) is 3. The highest BCUT2D eigenvalue weighted by Crippen LogP contribution is 2.42. The summed E-state index contributed by atoms with van der Waals surface area (Å²) in [5.74, 6) is 0.731. The average Bonchev–Trinajstić information content (AvgIpc) is 3.23. The zero-order valence-electron chi connectivity index (χ0n) is 14.3. The van der Waals surface area contributed by atoms with Crippen LogP contribution in [0.5, 0.6) is 0 Å². The molecule has 2 aromatic heterocycles. The molecule has 3 aromatic rings. The Kier molecular flexibility index (Phi) is 3.27. The molecule has 124 valence electrons. The standard InChI is InChI=1S/C20H24N4/c1-2-24-10-7-15-4-3-14(11-19(15)24)12-23-9-8-18-17(13-23)20(22-21-18)16-5-6-16/h3-4,7,10-11,16H,2,5-6,8-9,12-13H2,1H3,(H,21,22). The summed E-state index contributed by atoms with van der Waals surface area (Å²) in [6, 6.07) is 9.13. The van der Waals surface area contributed by atoms with Gasteiger partial charge in [0.05, 0.1) is 5.69 Å². The van der Waals surface area contributed by atoms with Gasteiger partial charge in [0.25, 0.3) is 0 Å². The van der Waals surface area contributed by atoms with Gasteiger partial charge in [0.1, 0.15) is 0 Å². The van der Waals surface area contributed by atoms with Gasteiger partial charge in [-0.2, -0.15) is 5.10 Å². The molecular weight excluding hydrogens is 296 g/mol. The van der Waals surface area contributed by atoms with Crippen LogP contribution in [-0.4, -0.2) is 26.2 Å². The van der Waals surface area contributed by atoms with Crippen LogP contribution in [0.3, 0.4) is 0 Å². The number of aromatic nitrogens is 3. The number of benzene rings is 1. The summed E-state index contributed by atoms with van der Waals surface area (Å²) < 4.78 is 2.33. The molecule has 3 heterocycles. The van der Waals surface area contributed by atoms with E-state index in [1.54, 1.807) is 0 Å². The molecule has 0 spiro atoms. The van der Waals surface area contributed by atoms with E-state index in [4.69, 9.17) is 0 Å². The van der Waals surface area contributed by atoms with E-state index in [-0.39, 0.29) is 0 Å². The summed E-state index contributed by atoms with van der Waals surface area (Å²) in [7, 11) is 0. The number of fused-ring (bicyclic) bond motifs is 2. The van der Waals surface area contributed by atoms with Crippen LogP contribution in [-0.2, 0) is 26.1 Å². The van der Waals surface area contributed by atoms with Crippen LogP contribution in [0.25, 0.3) is 10.9 Å². The van der Waals surface area contributed by atoms with Crippen molar-refractivity contribution < 1.29 is 0 Å². The second kappa shape index (κ2) is 5.49. The first-order valence-electron chi connectivity index (χ1n) is 9.18. The van der Waals surface area contributed by atoms with E-state index in [1.165, 1.54) is 46.3 Å². The quantitative estimate of drug-likeness (QED) is 0.793. The largest absolute Gasteiger partial charge is 0.348 e. The van der Waals surface area contributed by atoms with Crippen molar-refractivity contribution >= 4 is 10.9 Å². The maximum atomic E-state index is 4.60. The highest BCUT2D eigenvalue weighted by Gasteiger charge is 2.32. The van der Waals surface area contributed by atoms with Crippen LogP contribution in [0.15, 0.2) is 30.5 Å². The van der Waals surface area contributed by atoms with Crippen LogP contribution in [0.4, 0.5) is 0 Å². The summed E-state index contributed by atoms with van der Waals surface area (Å²) in [5, 5.41) is 9.23. The highest BCUT2D eigenvalue weighted by molar-refractivity contribution is 5.80. The van der Waals surface area contributed by atoms with Gasteiger partial charge >= 0.3 is 0 Å². The molecule has 1 fully saturated rings. The first-order chi connectivity index (χ1) is 11.8. The minimum atomic E-state index is 0.731. The van der Waals surface area contributed by atoms with Gasteiger partial charge in [0.2, 0.25) is 0 Å². The van der Waals surface area contributed by atoms with E-state index in [2.05, 4.69) is 57.1 Å². The lowest BCUT2D eigenvalue weighted by Crippen LogP contribution is -2.30. The first kappa shape index (κ1) is 14.3. The topological polar surface area (TPSA) is 36.9 Å². The van der Waals surface area contributed by atoms with Gasteiger partial charge in [-0.05, 0) is 42.8 Å². The number of aromatic amines is 1. The van der Waals surface area contributed by atoms with Crippen LogP contribution < -0.4 is 0 Å². The summed E-state index contributed by atoms with van der Waals surface area (Å²) >= 11 is 0. The van der Waals surface area contributed by atoms with Gasteiger partial charge in [-0.3, -0.25) is 10.00 Å². The highest BCUT2D eigenvalue weighted by atomic mass is 15.2. The molecule has 1 saturated carbocycles. The average molecular weight is 320 g/mol. The zero-order valence-corrected chi connectivity index (χ0v) is 14.3. The predicted molar refractivity (Wildman–Crippen MR) is 96.0 cm³/mol. The number of H-pyrrole nitrogens is 1. The Hall–Kier alpha value is -2.07. The van der Waals surface area contributed by atoms with E-state index in [1.807, 2.05) is 0 Å². The molecule has 0 radical (unpaired) electrons. The monoisotopic (exact) mass is 320 g/mol. The van der Waals surface area contributed by atoms with Crippen LogP contribution in [0.2, 0.25) is 0 Å². The molecule has 1 aromatic carbocycles. The number of aryl methyl sites for hydroxylation is 1. The normalized spacial score (nSPS) is 18.2. The molecule has 5 rings (SSSR count). The van der Waals surface area contributed by atoms with Crippen molar-refractivity contribution in [2.24, 2.45) is 0 Å². The molecule has 0 bridgehead atoms. The maximum Gasteiger partial charge on any atom is 0.0700 e. The SMILES string of the molecule is CCn1ccc2ccc(CN3CCc4[nH]nc(C5CC5)c4C3)cc21. The number of rotatable bonds is 4. The second-order valence-corrected chi connectivity index (χ2v) is 7.30. The summed E-state index contributed by atoms with van der Waals surface area (Å²) in [4.78, 5) is 2.57. The first-order valence-corrected chi connectivity index (χ1v) is 9.18.